The van der Waals surface area contributed by atoms with Gasteiger partial charge < -0.3 is 45.4 Å². The Kier molecular flexibility index (Phi) is 48.0. The highest BCUT2D eigenvalue weighted by molar-refractivity contribution is 5.80. The van der Waals surface area contributed by atoms with Crippen LogP contribution in [0.15, 0.2) is 36.5 Å². The van der Waals surface area contributed by atoms with E-state index in [4.69, 9.17) is 9.47 Å². The summed E-state index contributed by atoms with van der Waals surface area (Å²) in [6, 6.07) is -1.00. The molecule has 0 aliphatic carbocycles. The third kappa shape index (κ3) is 39.5. The van der Waals surface area contributed by atoms with Crippen LogP contribution in [-0.4, -0.2) is 98.7 Å². The topological polar surface area (TPSA) is 169 Å². The molecule has 1 aliphatic heterocycles. The molecule has 0 aromatic rings. The van der Waals surface area contributed by atoms with Crippen LogP contribution in [0, 0.1) is 0 Å². The van der Waals surface area contributed by atoms with Crippen LogP contribution in [0.5, 0.6) is 0 Å². The number of rotatable bonds is 52. The second-order valence-corrected chi connectivity index (χ2v) is 21.3. The smallest absolute Gasteiger partial charge is 0.249 e. The van der Waals surface area contributed by atoms with E-state index in [1.54, 1.807) is 6.08 Å². The summed E-state index contributed by atoms with van der Waals surface area (Å²) in [5.74, 6) is -0.625. The van der Waals surface area contributed by atoms with Gasteiger partial charge in [-0.05, 0) is 44.9 Å². The zero-order valence-electron chi connectivity index (χ0n) is 46.1. The lowest BCUT2D eigenvalue weighted by molar-refractivity contribution is -0.302. The molecule has 8 atom stereocenters. The van der Waals surface area contributed by atoms with Gasteiger partial charge in [-0.3, -0.25) is 4.79 Å². The minimum Gasteiger partial charge on any atom is -0.394 e. The van der Waals surface area contributed by atoms with Gasteiger partial charge in [0.1, 0.15) is 30.5 Å². The van der Waals surface area contributed by atoms with Crippen LogP contribution < -0.4 is 5.32 Å². The molecule has 0 radical (unpaired) electrons. The second-order valence-electron chi connectivity index (χ2n) is 21.3. The van der Waals surface area contributed by atoms with Crippen molar-refractivity contribution >= 4 is 5.91 Å². The van der Waals surface area contributed by atoms with E-state index in [9.17, 15) is 35.4 Å². The summed E-state index contributed by atoms with van der Waals surface area (Å²) in [5.41, 5.74) is 0. The van der Waals surface area contributed by atoms with E-state index in [2.05, 4.69) is 43.5 Å². The molecule has 0 aromatic carbocycles. The van der Waals surface area contributed by atoms with E-state index in [-0.39, 0.29) is 6.61 Å². The van der Waals surface area contributed by atoms with Crippen LogP contribution in [0.25, 0.3) is 0 Å². The third-order valence-electron chi connectivity index (χ3n) is 14.6. The van der Waals surface area contributed by atoms with E-state index in [0.29, 0.717) is 19.3 Å². The Morgan fingerprint density at radius 3 is 1.23 bits per heavy atom. The maximum atomic E-state index is 13.1. The quantitative estimate of drug-likeness (QED) is 0.0232. The third-order valence-corrected chi connectivity index (χ3v) is 14.6. The maximum Gasteiger partial charge on any atom is 0.249 e. The van der Waals surface area contributed by atoms with Crippen molar-refractivity contribution in [3.05, 3.63) is 36.5 Å². The number of aliphatic hydroxyl groups is 6. The summed E-state index contributed by atoms with van der Waals surface area (Å²) in [6.45, 7) is 3.62. The number of aliphatic hydroxyl groups excluding tert-OH is 6. The number of allylic oxidation sites excluding steroid dienone is 5. The van der Waals surface area contributed by atoms with E-state index < -0.39 is 61.5 Å². The lowest BCUT2D eigenvalue weighted by atomic mass is 9.99. The number of carbonyl (C=O) groups excluding carboxylic acids is 1. The molecule has 418 valence electrons. The molecule has 10 nitrogen and oxygen atoms in total. The van der Waals surface area contributed by atoms with Crippen LogP contribution in [0.3, 0.4) is 0 Å². The summed E-state index contributed by atoms with van der Waals surface area (Å²) in [5, 5.41) is 65.0. The van der Waals surface area contributed by atoms with Gasteiger partial charge in [-0.1, -0.05) is 275 Å². The standard InChI is InChI=1S/C61H115NO9/c1-3-5-7-9-11-13-15-17-19-21-22-23-24-25-26-27-28-29-30-31-32-34-36-38-40-42-44-46-48-50-55(65)60(69)62-53(52-70-61-59(68)58(67)57(66)56(51-63)71-61)54(64)49-47-45-43-41-39-37-35-33-20-18-16-14-12-10-8-6-4-2/h20,33,39,41,47,49,53-59,61,63-68H,3-19,21-32,34-38,40,42-46,48,50-52H2,1-2H3,(H,62,69)/b33-20+,41-39+,49-47+. The van der Waals surface area contributed by atoms with Gasteiger partial charge in [0.05, 0.1) is 25.4 Å². The average molecular weight is 1010 g/mol. The summed E-state index contributed by atoms with van der Waals surface area (Å²) in [6.07, 6.45) is 55.5. The predicted octanol–water partition coefficient (Wildman–Crippen LogP) is 14.1. The van der Waals surface area contributed by atoms with E-state index in [0.717, 1.165) is 44.9 Å². The molecule has 0 aromatic heterocycles. The largest absolute Gasteiger partial charge is 0.394 e. The molecular weight excluding hydrogens is 891 g/mol. The summed E-state index contributed by atoms with van der Waals surface area (Å²) in [4.78, 5) is 13.1. The first-order valence-electron chi connectivity index (χ1n) is 30.3. The molecule has 1 fully saturated rings. The van der Waals surface area contributed by atoms with E-state index in [1.807, 2.05) is 6.08 Å². The number of amides is 1. The Hall–Kier alpha value is -1.63. The first kappa shape index (κ1) is 67.4. The van der Waals surface area contributed by atoms with Crippen molar-refractivity contribution in [3.63, 3.8) is 0 Å². The maximum absolute atomic E-state index is 13.1. The van der Waals surface area contributed by atoms with Crippen LogP contribution in [0.1, 0.15) is 284 Å². The summed E-state index contributed by atoms with van der Waals surface area (Å²) in [7, 11) is 0. The molecule has 1 saturated heterocycles. The first-order chi connectivity index (χ1) is 34.8. The van der Waals surface area contributed by atoms with Gasteiger partial charge in [-0.2, -0.15) is 0 Å². The lowest BCUT2D eigenvalue weighted by Gasteiger charge is -2.40. The summed E-state index contributed by atoms with van der Waals surface area (Å²) < 4.78 is 11.2. The van der Waals surface area contributed by atoms with Crippen LogP contribution in [0.2, 0.25) is 0 Å². The molecule has 0 spiro atoms. The SMILES string of the molecule is CCCCCCCCC/C=C/CC/C=C/CC/C=C/C(O)C(COC1OC(CO)C(O)C(O)C1O)NC(=O)C(O)CCCCCCCCCCCCCCCCCCCCCCCCCCCCCCC. The highest BCUT2D eigenvalue weighted by atomic mass is 16.7. The van der Waals surface area contributed by atoms with Crippen molar-refractivity contribution in [2.75, 3.05) is 13.2 Å². The van der Waals surface area contributed by atoms with Gasteiger partial charge in [-0.25, -0.2) is 0 Å². The first-order valence-corrected chi connectivity index (χ1v) is 30.3. The van der Waals surface area contributed by atoms with Gasteiger partial charge in [0, 0.05) is 0 Å². The van der Waals surface area contributed by atoms with Crippen molar-refractivity contribution in [1.29, 1.82) is 0 Å². The van der Waals surface area contributed by atoms with Crippen molar-refractivity contribution < 1.29 is 44.9 Å². The minimum atomic E-state index is -1.62. The molecule has 1 amide bonds. The fraction of sp³-hybridized carbons (Fsp3) is 0.885. The average Bonchev–Trinajstić information content (AvgIpc) is 3.37. The van der Waals surface area contributed by atoms with Gasteiger partial charge in [0.2, 0.25) is 5.91 Å². The van der Waals surface area contributed by atoms with Crippen molar-refractivity contribution in [2.45, 2.75) is 332 Å². The molecule has 7 N–H and O–H groups in total. The Bertz CT molecular complexity index is 1230. The van der Waals surface area contributed by atoms with Gasteiger partial charge in [0.25, 0.3) is 0 Å². The fourth-order valence-electron chi connectivity index (χ4n) is 9.67. The highest BCUT2D eigenvalue weighted by Gasteiger charge is 2.44. The number of nitrogens with one attached hydrogen (secondary N) is 1. The Labute approximate surface area is 436 Å². The molecule has 0 saturated carbocycles. The van der Waals surface area contributed by atoms with E-state index in [1.165, 1.54) is 205 Å². The molecule has 0 bridgehead atoms. The monoisotopic (exact) mass is 1010 g/mol. The van der Waals surface area contributed by atoms with Crippen molar-refractivity contribution in [1.82, 2.24) is 5.32 Å². The number of carbonyl (C=O) groups is 1. The second kappa shape index (κ2) is 50.5. The number of ether oxygens (including phenoxy) is 2. The van der Waals surface area contributed by atoms with Crippen LogP contribution in [0.4, 0.5) is 0 Å². The van der Waals surface area contributed by atoms with Crippen LogP contribution >= 0.6 is 0 Å². The number of unbranched alkanes of at least 4 members (excludes halogenated alkanes) is 37. The summed E-state index contributed by atoms with van der Waals surface area (Å²) >= 11 is 0. The van der Waals surface area contributed by atoms with Crippen molar-refractivity contribution in [3.8, 4) is 0 Å². The Balaban J connectivity index is 2.22. The molecule has 10 heteroatoms. The van der Waals surface area contributed by atoms with Gasteiger partial charge in [-0.15, -0.1) is 0 Å². The van der Waals surface area contributed by atoms with Gasteiger partial charge >= 0.3 is 0 Å². The molecule has 8 unspecified atom stereocenters. The zero-order valence-corrected chi connectivity index (χ0v) is 46.1. The Morgan fingerprint density at radius 2 is 0.831 bits per heavy atom. The van der Waals surface area contributed by atoms with Crippen molar-refractivity contribution in [2.24, 2.45) is 0 Å². The molecule has 1 heterocycles. The fourth-order valence-corrected chi connectivity index (χ4v) is 9.67. The Morgan fingerprint density at radius 1 is 0.479 bits per heavy atom. The highest BCUT2D eigenvalue weighted by Crippen LogP contribution is 2.23. The molecular formula is C61H115NO9. The number of hydrogen-bond acceptors (Lipinski definition) is 9. The van der Waals surface area contributed by atoms with Crippen LogP contribution in [-0.2, 0) is 14.3 Å². The predicted molar refractivity (Wildman–Crippen MR) is 296 cm³/mol. The van der Waals surface area contributed by atoms with E-state index >= 15 is 0 Å². The molecule has 71 heavy (non-hydrogen) atoms. The minimum absolute atomic E-state index is 0.304. The molecule has 1 rings (SSSR count). The van der Waals surface area contributed by atoms with Gasteiger partial charge in [0.15, 0.2) is 6.29 Å². The lowest BCUT2D eigenvalue weighted by Crippen LogP contribution is -2.60. The zero-order chi connectivity index (χ0) is 51.7. The molecule has 1 aliphatic rings. The number of hydrogen-bond donors (Lipinski definition) is 7. The normalized spacial score (nSPS) is 19.9.